The molecule has 1 rings (SSSR count). The van der Waals surface area contributed by atoms with Crippen molar-refractivity contribution >= 4 is 0 Å². The molecule has 7 heteroatoms. The lowest BCUT2D eigenvalue weighted by Gasteiger charge is -2.11. The van der Waals surface area contributed by atoms with E-state index in [1.807, 2.05) is 0 Å². The first-order valence-corrected chi connectivity index (χ1v) is 4.21. The van der Waals surface area contributed by atoms with Crippen LogP contribution in [0.4, 0.5) is 13.2 Å². The molecule has 0 amide bonds. The molecule has 0 saturated carbocycles. The molecule has 4 nitrogen and oxygen atoms in total. The van der Waals surface area contributed by atoms with E-state index in [-0.39, 0.29) is 5.56 Å². The first kappa shape index (κ1) is 12.0. The van der Waals surface area contributed by atoms with E-state index in [9.17, 15) is 13.2 Å². The van der Waals surface area contributed by atoms with E-state index in [1.165, 1.54) is 11.8 Å². The van der Waals surface area contributed by atoms with Gasteiger partial charge in [-0.1, -0.05) is 0 Å². The van der Waals surface area contributed by atoms with Gasteiger partial charge in [-0.25, -0.2) is 0 Å². The van der Waals surface area contributed by atoms with Gasteiger partial charge in [0.05, 0.1) is 19.3 Å². The minimum atomic E-state index is -4.66. The summed E-state index contributed by atoms with van der Waals surface area (Å²) in [5.74, 6) is 0. The van der Waals surface area contributed by atoms with Crippen molar-refractivity contribution in [2.24, 2.45) is 0 Å². The Balaban J connectivity index is 2.67. The van der Waals surface area contributed by atoms with Crippen LogP contribution in [0, 0.1) is 0 Å². The van der Waals surface area contributed by atoms with E-state index >= 15 is 0 Å². The summed E-state index contributed by atoms with van der Waals surface area (Å²) in [6.45, 7) is 0.699. The summed E-state index contributed by atoms with van der Waals surface area (Å²) < 4.78 is 42.3. The van der Waals surface area contributed by atoms with Crippen LogP contribution in [0.25, 0.3) is 0 Å². The fourth-order valence-corrected chi connectivity index (χ4v) is 1.02. The highest BCUT2D eigenvalue weighted by molar-refractivity contribution is 5.09. The molecule has 0 aliphatic rings. The van der Waals surface area contributed by atoms with Crippen LogP contribution in [0.2, 0.25) is 0 Å². The van der Waals surface area contributed by atoms with E-state index in [0.29, 0.717) is 13.2 Å². The highest BCUT2D eigenvalue weighted by Crippen LogP contribution is 2.31. The Bertz CT molecular complexity index is 311. The van der Waals surface area contributed by atoms with Crippen LogP contribution >= 0.6 is 0 Å². The van der Waals surface area contributed by atoms with Gasteiger partial charge >= 0.3 is 6.18 Å². The molecule has 0 saturated heterocycles. The van der Waals surface area contributed by atoms with Crippen molar-refractivity contribution in [1.82, 2.24) is 9.78 Å². The van der Waals surface area contributed by atoms with Crippen LogP contribution in [0.1, 0.15) is 11.7 Å². The van der Waals surface area contributed by atoms with Crippen molar-refractivity contribution in [3.8, 4) is 0 Å². The highest BCUT2D eigenvalue weighted by atomic mass is 19.4. The number of hydrogen-bond acceptors (Lipinski definition) is 3. The van der Waals surface area contributed by atoms with E-state index in [4.69, 9.17) is 9.84 Å². The number of hydrogen-bond donors (Lipinski definition) is 1. The zero-order valence-electron chi connectivity index (χ0n) is 8.03. The molecule has 1 aromatic heterocycles. The van der Waals surface area contributed by atoms with Gasteiger partial charge < -0.3 is 9.84 Å². The monoisotopic (exact) mass is 224 g/mol. The fourth-order valence-electron chi connectivity index (χ4n) is 1.02. The molecule has 0 aromatic carbocycles. The Morgan fingerprint density at radius 1 is 1.60 bits per heavy atom. The van der Waals surface area contributed by atoms with Gasteiger partial charge in [0, 0.05) is 18.9 Å². The SMILES string of the molecule is COCCn1cc(C(O)C(F)(F)F)cn1. The number of aliphatic hydroxyl groups excluding tert-OH is 1. The first-order chi connectivity index (χ1) is 6.95. The molecule has 0 fully saturated rings. The molecule has 1 aromatic rings. The minimum absolute atomic E-state index is 0.265. The average Bonchev–Trinajstić information content (AvgIpc) is 2.60. The summed E-state index contributed by atoms with van der Waals surface area (Å²) in [6, 6.07) is 0. The number of rotatable bonds is 4. The van der Waals surface area contributed by atoms with Crippen LogP contribution in [0.3, 0.4) is 0 Å². The summed E-state index contributed by atoms with van der Waals surface area (Å²) >= 11 is 0. The number of alkyl halides is 3. The zero-order chi connectivity index (χ0) is 11.5. The summed E-state index contributed by atoms with van der Waals surface area (Å²) in [5.41, 5.74) is -0.265. The number of aromatic nitrogens is 2. The Kier molecular flexibility index (Phi) is 3.70. The molecule has 0 spiro atoms. The van der Waals surface area contributed by atoms with Gasteiger partial charge in [-0.15, -0.1) is 0 Å². The van der Waals surface area contributed by atoms with Crippen molar-refractivity contribution in [3.05, 3.63) is 18.0 Å². The maximum absolute atomic E-state index is 12.1. The normalized spacial score (nSPS) is 14.2. The van der Waals surface area contributed by atoms with Crippen LogP contribution in [0.5, 0.6) is 0 Å². The Labute approximate surface area is 84.3 Å². The largest absolute Gasteiger partial charge is 0.418 e. The number of aliphatic hydroxyl groups is 1. The number of halogens is 3. The Morgan fingerprint density at radius 2 is 2.27 bits per heavy atom. The summed E-state index contributed by atoms with van der Waals surface area (Å²) in [4.78, 5) is 0. The van der Waals surface area contributed by atoms with Crippen molar-refractivity contribution < 1.29 is 23.0 Å². The smallest absolute Gasteiger partial charge is 0.383 e. The molecule has 0 radical (unpaired) electrons. The molecule has 0 aliphatic carbocycles. The van der Waals surface area contributed by atoms with Gasteiger partial charge in [-0.2, -0.15) is 18.3 Å². The Morgan fingerprint density at radius 3 is 2.80 bits per heavy atom. The molecule has 1 heterocycles. The van der Waals surface area contributed by atoms with Gasteiger partial charge in [-0.3, -0.25) is 4.68 Å². The average molecular weight is 224 g/mol. The highest BCUT2D eigenvalue weighted by Gasteiger charge is 2.40. The molecule has 1 unspecified atom stereocenters. The fraction of sp³-hybridized carbons (Fsp3) is 0.625. The van der Waals surface area contributed by atoms with Gasteiger partial charge in [0.2, 0.25) is 0 Å². The molecular formula is C8H11F3N2O2. The second-order valence-corrected chi connectivity index (χ2v) is 2.97. The van der Waals surface area contributed by atoms with Crippen molar-refractivity contribution in [2.75, 3.05) is 13.7 Å². The van der Waals surface area contributed by atoms with E-state index in [0.717, 1.165) is 12.4 Å². The lowest BCUT2D eigenvalue weighted by atomic mass is 10.2. The quantitative estimate of drug-likeness (QED) is 0.833. The molecular weight excluding hydrogens is 213 g/mol. The second kappa shape index (κ2) is 4.63. The second-order valence-electron chi connectivity index (χ2n) is 2.97. The third kappa shape index (κ3) is 3.21. The van der Waals surface area contributed by atoms with Gasteiger partial charge in [0.15, 0.2) is 6.10 Å². The van der Waals surface area contributed by atoms with Crippen molar-refractivity contribution in [2.45, 2.75) is 18.8 Å². The van der Waals surface area contributed by atoms with Gasteiger partial charge in [0.1, 0.15) is 0 Å². The van der Waals surface area contributed by atoms with E-state index < -0.39 is 12.3 Å². The number of ether oxygens (including phenoxy) is 1. The lowest BCUT2D eigenvalue weighted by Crippen LogP contribution is -2.19. The van der Waals surface area contributed by atoms with Gasteiger partial charge in [-0.05, 0) is 0 Å². The van der Waals surface area contributed by atoms with Crippen LogP contribution in [-0.2, 0) is 11.3 Å². The molecule has 1 N–H and O–H groups in total. The third-order valence-corrected chi connectivity index (χ3v) is 1.80. The van der Waals surface area contributed by atoms with Gasteiger partial charge in [0.25, 0.3) is 0 Å². The molecule has 15 heavy (non-hydrogen) atoms. The molecule has 0 bridgehead atoms. The molecule has 86 valence electrons. The third-order valence-electron chi connectivity index (χ3n) is 1.80. The standard InChI is InChI=1S/C8H11F3N2O2/c1-15-3-2-13-5-6(4-12-13)7(14)8(9,10)11/h4-5,7,14H,2-3H2,1H3. The van der Waals surface area contributed by atoms with Crippen molar-refractivity contribution in [3.63, 3.8) is 0 Å². The molecule has 0 aliphatic heterocycles. The summed E-state index contributed by atoms with van der Waals surface area (Å²) in [7, 11) is 1.48. The Hall–Kier alpha value is -1.08. The topological polar surface area (TPSA) is 47.3 Å². The van der Waals surface area contributed by atoms with Crippen LogP contribution in [-0.4, -0.2) is 34.8 Å². The van der Waals surface area contributed by atoms with Crippen LogP contribution in [0.15, 0.2) is 12.4 Å². The van der Waals surface area contributed by atoms with Crippen LogP contribution < -0.4 is 0 Å². The molecule has 1 atom stereocenters. The maximum atomic E-state index is 12.1. The van der Waals surface area contributed by atoms with E-state index in [1.54, 1.807) is 0 Å². The maximum Gasteiger partial charge on any atom is 0.418 e. The summed E-state index contributed by atoms with van der Waals surface area (Å²) in [6.07, 6.45) is -4.99. The predicted octanol–water partition coefficient (Wildman–Crippen LogP) is 1.13. The van der Waals surface area contributed by atoms with Crippen molar-refractivity contribution in [1.29, 1.82) is 0 Å². The number of nitrogens with zero attached hydrogens (tertiary/aromatic N) is 2. The minimum Gasteiger partial charge on any atom is -0.383 e. The zero-order valence-corrected chi connectivity index (χ0v) is 8.03. The predicted molar refractivity (Wildman–Crippen MR) is 45.1 cm³/mol. The number of methoxy groups -OCH3 is 1. The first-order valence-electron chi connectivity index (χ1n) is 4.21. The van der Waals surface area contributed by atoms with E-state index in [2.05, 4.69) is 5.10 Å². The summed E-state index contributed by atoms with van der Waals surface area (Å²) in [5, 5.41) is 12.6. The lowest BCUT2D eigenvalue weighted by molar-refractivity contribution is -0.206.